The van der Waals surface area contributed by atoms with Crippen LogP contribution in [0.5, 0.6) is 0 Å². The fourth-order valence-electron chi connectivity index (χ4n) is 1.36. The van der Waals surface area contributed by atoms with Crippen LogP contribution in [0.25, 0.3) is 9.88 Å². The molecule has 0 aliphatic heterocycles. The van der Waals surface area contributed by atoms with E-state index in [1.165, 1.54) is 16.2 Å². The van der Waals surface area contributed by atoms with Crippen molar-refractivity contribution < 1.29 is 0 Å². The molecule has 0 saturated carbocycles. The lowest BCUT2D eigenvalue weighted by Gasteiger charge is -1.89. The van der Waals surface area contributed by atoms with E-state index in [9.17, 15) is 0 Å². The van der Waals surface area contributed by atoms with E-state index in [1.807, 2.05) is 19.1 Å². The Balaban J connectivity index is 2.27. The Labute approximate surface area is 107 Å². The van der Waals surface area contributed by atoms with Crippen LogP contribution in [0.4, 0.5) is 0 Å². The number of hydrogen-bond acceptors (Lipinski definition) is 4. The standard InChI is InChI=1S/C11H9ClN2S2/c1-7-8(3-2-6-13)16-11(14-7)9-4-5-10(12)15-9/h4-5H,2-3H2,1H3. The Morgan fingerprint density at radius 1 is 1.44 bits per heavy atom. The molecule has 0 fully saturated rings. The summed E-state index contributed by atoms with van der Waals surface area (Å²) in [7, 11) is 0. The summed E-state index contributed by atoms with van der Waals surface area (Å²) in [5.41, 5.74) is 1.03. The van der Waals surface area contributed by atoms with E-state index in [0.29, 0.717) is 6.42 Å². The summed E-state index contributed by atoms with van der Waals surface area (Å²) in [6, 6.07) is 6.02. The quantitative estimate of drug-likeness (QED) is 0.833. The van der Waals surface area contributed by atoms with Crippen molar-refractivity contribution in [2.45, 2.75) is 19.8 Å². The normalized spacial score (nSPS) is 10.3. The predicted molar refractivity (Wildman–Crippen MR) is 69.1 cm³/mol. The number of aryl methyl sites for hydroxylation is 2. The first-order valence-electron chi connectivity index (χ1n) is 4.79. The molecule has 0 bridgehead atoms. The molecule has 0 saturated heterocycles. The summed E-state index contributed by atoms with van der Waals surface area (Å²) in [6.45, 7) is 1.99. The topological polar surface area (TPSA) is 36.7 Å². The Bertz CT molecular complexity index is 536. The molecule has 2 nitrogen and oxygen atoms in total. The van der Waals surface area contributed by atoms with Gasteiger partial charge >= 0.3 is 0 Å². The van der Waals surface area contributed by atoms with Crippen LogP contribution in [0.1, 0.15) is 17.0 Å². The van der Waals surface area contributed by atoms with Crippen LogP contribution in [0, 0.1) is 18.3 Å². The molecule has 0 N–H and O–H groups in total. The molecule has 2 heterocycles. The first-order chi connectivity index (χ1) is 7.70. The lowest BCUT2D eigenvalue weighted by molar-refractivity contribution is 1.01. The van der Waals surface area contributed by atoms with Crippen LogP contribution in [-0.2, 0) is 6.42 Å². The lowest BCUT2D eigenvalue weighted by Crippen LogP contribution is -1.82. The summed E-state index contributed by atoms with van der Waals surface area (Å²) in [4.78, 5) is 6.80. The minimum absolute atomic E-state index is 0.549. The molecule has 0 aliphatic carbocycles. The van der Waals surface area contributed by atoms with Crippen LogP contribution in [0.3, 0.4) is 0 Å². The van der Waals surface area contributed by atoms with Gasteiger partial charge in [-0.05, 0) is 25.5 Å². The van der Waals surface area contributed by atoms with E-state index in [2.05, 4.69) is 11.1 Å². The molecule has 2 aromatic heterocycles. The van der Waals surface area contributed by atoms with Gasteiger partial charge in [0.2, 0.25) is 0 Å². The summed E-state index contributed by atoms with van der Waals surface area (Å²) in [6.07, 6.45) is 1.34. The molecule has 82 valence electrons. The van der Waals surface area contributed by atoms with Crippen molar-refractivity contribution in [3.05, 3.63) is 27.0 Å². The summed E-state index contributed by atoms with van der Waals surface area (Å²) in [5.74, 6) is 0. The third-order valence-electron chi connectivity index (χ3n) is 2.14. The van der Waals surface area contributed by atoms with Crippen molar-refractivity contribution in [3.63, 3.8) is 0 Å². The van der Waals surface area contributed by atoms with Crippen LogP contribution in [-0.4, -0.2) is 4.98 Å². The maximum absolute atomic E-state index is 8.56. The van der Waals surface area contributed by atoms with Crippen LogP contribution >= 0.6 is 34.3 Å². The average Bonchev–Trinajstić information content (AvgIpc) is 2.82. The first-order valence-corrected chi connectivity index (χ1v) is 6.81. The number of nitriles is 1. The van der Waals surface area contributed by atoms with E-state index in [1.54, 1.807) is 11.3 Å². The third-order valence-corrected chi connectivity index (χ3v) is 4.76. The third kappa shape index (κ3) is 2.43. The zero-order chi connectivity index (χ0) is 11.5. The molecule has 0 amide bonds. The van der Waals surface area contributed by atoms with Crippen molar-refractivity contribution in [1.82, 2.24) is 4.98 Å². The second kappa shape index (κ2) is 4.96. The molecular weight excluding hydrogens is 260 g/mol. The lowest BCUT2D eigenvalue weighted by atomic mass is 10.2. The molecule has 2 aromatic rings. The molecule has 0 aliphatic rings. The van der Waals surface area contributed by atoms with E-state index in [-0.39, 0.29) is 0 Å². The number of hydrogen-bond donors (Lipinski definition) is 0. The molecular formula is C11H9ClN2S2. The minimum Gasteiger partial charge on any atom is -0.240 e. The molecule has 16 heavy (non-hydrogen) atoms. The average molecular weight is 269 g/mol. The highest BCUT2D eigenvalue weighted by atomic mass is 35.5. The largest absolute Gasteiger partial charge is 0.240 e. The van der Waals surface area contributed by atoms with Gasteiger partial charge in [-0.25, -0.2) is 4.98 Å². The second-order valence-electron chi connectivity index (χ2n) is 3.29. The van der Waals surface area contributed by atoms with Gasteiger partial charge < -0.3 is 0 Å². The zero-order valence-electron chi connectivity index (χ0n) is 8.66. The van der Waals surface area contributed by atoms with Gasteiger partial charge in [0, 0.05) is 11.3 Å². The van der Waals surface area contributed by atoms with Gasteiger partial charge in [0.05, 0.1) is 21.0 Å². The van der Waals surface area contributed by atoms with Gasteiger partial charge in [0.25, 0.3) is 0 Å². The van der Waals surface area contributed by atoms with Crippen molar-refractivity contribution in [1.29, 1.82) is 5.26 Å². The Morgan fingerprint density at radius 3 is 2.88 bits per heavy atom. The van der Waals surface area contributed by atoms with Crippen molar-refractivity contribution >= 4 is 34.3 Å². The fraction of sp³-hybridized carbons (Fsp3) is 0.273. The van der Waals surface area contributed by atoms with Gasteiger partial charge in [-0.15, -0.1) is 22.7 Å². The first kappa shape index (κ1) is 11.6. The molecule has 2 rings (SSSR count). The Hall–Kier alpha value is -0.890. The monoisotopic (exact) mass is 268 g/mol. The number of aromatic nitrogens is 1. The van der Waals surface area contributed by atoms with Crippen molar-refractivity contribution in [2.24, 2.45) is 0 Å². The van der Waals surface area contributed by atoms with Gasteiger partial charge in [0.15, 0.2) is 0 Å². The van der Waals surface area contributed by atoms with Gasteiger partial charge in [-0.2, -0.15) is 5.26 Å². The summed E-state index contributed by atoms with van der Waals surface area (Å²) in [5, 5.41) is 9.57. The number of nitrogens with zero attached hydrogens (tertiary/aromatic N) is 2. The SMILES string of the molecule is Cc1nc(-c2ccc(Cl)s2)sc1CCC#N. The zero-order valence-corrected chi connectivity index (χ0v) is 11.0. The highest BCUT2D eigenvalue weighted by molar-refractivity contribution is 7.23. The number of thiophene rings is 1. The maximum Gasteiger partial charge on any atom is 0.133 e. The highest BCUT2D eigenvalue weighted by Gasteiger charge is 2.10. The van der Waals surface area contributed by atoms with Crippen LogP contribution in [0.15, 0.2) is 12.1 Å². The minimum atomic E-state index is 0.549. The molecule has 0 aromatic carbocycles. The van der Waals surface area contributed by atoms with E-state index in [4.69, 9.17) is 16.9 Å². The second-order valence-corrected chi connectivity index (χ2v) is 6.09. The number of thiazole rings is 1. The summed E-state index contributed by atoms with van der Waals surface area (Å²) < 4.78 is 0.779. The van der Waals surface area contributed by atoms with Crippen molar-refractivity contribution in [2.75, 3.05) is 0 Å². The molecule has 0 radical (unpaired) electrons. The Morgan fingerprint density at radius 2 is 2.25 bits per heavy atom. The maximum atomic E-state index is 8.56. The summed E-state index contributed by atoms with van der Waals surface area (Å²) >= 11 is 9.08. The fourth-order valence-corrected chi connectivity index (χ4v) is 3.52. The van der Waals surface area contributed by atoms with E-state index in [0.717, 1.165) is 26.3 Å². The van der Waals surface area contributed by atoms with E-state index < -0.39 is 0 Å². The number of rotatable bonds is 3. The van der Waals surface area contributed by atoms with Crippen LogP contribution < -0.4 is 0 Å². The van der Waals surface area contributed by atoms with Crippen molar-refractivity contribution in [3.8, 4) is 16.0 Å². The molecule has 0 atom stereocenters. The van der Waals surface area contributed by atoms with Gasteiger partial charge in [-0.1, -0.05) is 11.6 Å². The van der Waals surface area contributed by atoms with E-state index >= 15 is 0 Å². The van der Waals surface area contributed by atoms with Gasteiger partial charge in [-0.3, -0.25) is 0 Å². The highest BCUT2D eigenvalue weighted by Crippen LogP contribution is 2.35. The van der Waals surface area contributed by atoms with Crippen LogP contribution in [0.2, 0.25) is 4.34 Å². The molecule has 0 spiro atoms. The number of halogens is 1. The Kier molecular flexibility index (Phi) is 3.59. The van der Waals surface area contributed by atoms with Gasteiger partial charge in [0.1, 0.15) is 5.01 Å². The molecule has 0 unspecified atom stereocenters. The smallest absolute Gasteiger partial charge is 0.133 e. The molecule has 5 heteroatoms. The predicted octanol–water partition coefficient (Wildman–Crippen LogP) is 4.29.